The molecule has 0 bridgehead atoms. The fourth-order valence-electron chi connectivity index (χ4n) is 3.29. The number of nitrogen functional groups attached to an aromatic ring is 1. The van der Waals surface area contributed by atoms with Crippen LogP contribution in [0.2, 0.25) is 10.0 Å². The third-order valence-corrected chi connectivity index (χ3v) is 5.43. The van der Waals surface area contributed by atoms with Crippen molar-refractivity contribution in [1.29, 1.82) is 0 Å². The van der Waals surface area contributed by atoms with E-state index in [2.05, 4.69) is 20.6 Å². The molecule has 0 radical (unpaired) electrons. The van der Waals surface area contributed by atoms with Crippen LogP contribution < -0.4 is 16.4 Å². The fourth-order valence-corrected chi connectivity index (χ4v) is 3.79. The van der Waals surface area contributed by atoms with Gasteiger partial charge in [-0.1, -0.05) is 23.2 Å². The van der Waals surface area contributed by atoms with E-state index in [-0.39, 0.29) is 11.5 Å². The number of halogens is 2. The van der Waals surface area contributed by atoms with Crippen molar-refractivity contribution in [1.82, 2.24) is 19.5 Å². The molecule has 34 heavy (non-hydrogen) atoms. The predicted molar refractivity (Wildman–Crippen MR) is 134 cm³/mol. The van der Waals surface area contributed by atoms with E-state index in [1.165, 1.54) is 12.1 Å². The van der Waals surface area contributed by atoms with Crippen LogP contribution in [0.25, 0.3) is 16.9 Å². The maximum Gasteiger partial charge on any atom is 0.311 e. The number of nitrogens with one attached hydrogen (secondary N) is 2. The maximum atomic E-state index is 10.9. The number of nitrogens with zero attached hydrogens (tertiary/aromatic N) is 5. The molecule has 4 rings (SSSR count). The molecule has 3 heterocycles. The van der Waals surface area contributed by atoms with Gasteiger partial charge in [-0.25, -0.2) is 15.0 Å². The summed E-state index contributed by atoms with van der Waals surface area (Å²) in [4.78, 5) is 23.4. The second-order valence-corrected chi connectivity index (χ2v) is 8.17. The van der Waals surface area contributed by atoms with Gasteiger partial charge in [0.2, 0.25) is 5.82 Å². The van der Waals surface area contributed by atoms with Crippen molar-refractivity contribution in [2.75, 3.05) is 29.5 Å². The molecular formula is C22H20Cl2N8O2. The molecule has 0 aliphatic heterocycles. The molecule has 3 aromatic heterocycles. The third kappa shape index (κ3) is 5.19. The van der Waals surface area contributed by atoms with Gasteiger partial charge in [-0.2, -0.15) is 0 Å². The zero-order valence-electron chi connectivity index (χ0n) is 18.0. The number of nitrogens with two attached hydrogens (primary N) is 1. The summed E-state index contributed by atoms with van der Waals surface area (Å²) in [5, 5.41) is 18.2. The average Bonchev–Trinajstić information content (AvgIpc) is 3.22. The Kier molecular flexibility index (Phi) is 6.80. The highest BCUT2D eigenvalue weighted by Crippen LogP contribution is 2.34. The third-order valence-electron chi connectivity index (χ3n) is 4.89. The summed E-state index contributed by atoms with van der Waals surface area (Å²) < 4.78 is 1.89. The van der Waals surface area contributed by atoms with E-state index in [0.717, 1.165) is 16.9 Å². The fraction of sp³-hybridized carbons (Fsp3) is 0.136. The topological polar surface area (TPSA) is 137 Å². The van der Waals surface area contributed by atoms with Crippen molar-refractivity contribution in [3.8, 4) is 16.9 Å². The molecule has 0 spiro atoms. The van der Waals surface area contributed by atoms with Gasteiger partial charge >= 0.3 is 5.69 Å². The smallest absolute Gasteiger partial charge is 0.311 e. The predicted octanol–water partition coefficient (Wildman–Crippen LogP) is 4.96. The second kappa shape index (κ2) is 9.94. The monoisotopic (exact) mass is 498 g/mol. The molecular weight excluding hydrogens is 479 g/mol. The van der Waals surface area contributed by atoms with E-state index in [9.17, 15) is 10.1 Å². The largest absolute Gasteiger partial charge is 0.378 e. The van der Waals surface area contributed by atoms with E-state index in [4.69, 9.17) is 33.9 Å². The van der Waals surface area contributed by atoms with Crippen molar-refractivity contribution in [2.24, 2.45) is 0 Å². The second-order valence-electron chi connectivity index (χ2n) is 7.32. The lowest BCUT2D eigenvalue weighted by molar-refractivity contribution is -0.384. The lowest BCUT2D eigenvalue weighted by Crippen LogP contribution is -2.15. The van der Waals surface area contributed by atoms with Gasteiger partial charge < -0.3 is 20.9 Å². The Hall–Kier alpha value is -3.89. The number of aromatic nitrogens is 4. The van der Waals surface area contributed by atoms with Gasteiger partial charge in [0, 0.05) is 35.9 Å². The van der Waals surface area contributed by atoms with Gasteiger partial charge in [0.15, 0.2) is 0 Å². The van der Waals surface area contributed by atoms with Crippen LogP contribution in [0.15, 0.2) is 55.0 Å². The van der Waals surface area contributed by atoms with Crippen molar-refractivity contribution in [2.45, 2.75) is 6.92 Å². The van der Waals surface area contributed by atoms with E-state index in [1.807, 2.05) is 35.9 Å². The Morgan fingerprint density at radius 1 is 1.06 bits per heavy atom. The Morgan fingerprint density at radius 3 is 2.38 bits per heavy atom. The van der Waals surface area contributed by atoms with E-state index in [0.29, 0.717) is 40.5 Å². The first-order chi connectivity index (χ1) is 16.3. The van der Waals surface area contributed by atoms with Crippen LogP contribution in [-0.4, -0.2) is 37.5 Å². The molecule has 1 aromatic carbocycles. The van der Waals surface area contributed by atoms with E-state index >= 15 is 0 Å². The number of rotatable bonds is 8. The minimum Gasteiger partial charge on any atom is -0.378 e. The zero-order chi connectivity index (χ0) is 24.2. The quantitative estimate of drug-likeness (QED) is 0.176. The van der Waals surface area contributed by atoms with Crippen LogP contribution in [0.3, 0.4) is 0 Å². The van der Waals surface area contributed by atoms with Crippen LogP contribution in [0.5, 0.6) is 0 Å². The number of aryl methyl sites for hydroxylation is 1. The van der Waals surface area contributed by atoms with Gasteiger partial charge in [-0.05, 0) is 43.3 Å². The van der Waals surface area contributed by atoms with Gasteiger partial charge in [0.05, 0.1) is 33.3 Å². The standard InChI is InChI=1S/C22H20Cl2N8O2/c1-13-11-31(12-28-13)17-4-6-19(29-21(17)15-3-2-14(23)10-16(15)24)26-8-9-27-20-7-5-18(32(33)34)22(25)30-20/h2-7,10-12H,8-9H2,1H3,(H,26,29)(H3,25,27,30). The highest BCUT2D eigenvalue weighted by Gasteiger charge is 2.15. The summed E-state index contributed by atoms with van der Waals surface area (Å²) in [7, 11) is 0. The van der Waals surface area contributed by atoms with Gasteiger partial charge in [0.1, 0.15) is 11.6 Å². The number of anilines is 3. The first-order valence-electron chi connectivity index (χ1n) is 10.2. The van der Waals surface area contributed by atoms with Crippen molar-refractivity contribution in [3.63, 3.8) is 0 Å². The van der Waals surface area contributed by atoms with Crippen LogP contribution in [-0.2, 0) is 0 Å². The molecule has 4 aromatic rings. The summed E-state index contributed by atoms with van der Waals surface area (Å²) >= 11 is 12.6. The molecule has 0 saturated carbocycles. The van der Waals surface area contributed by atoms with Gasteiger partial charge in [0.25, 0.3) is 0 Å². The van der Waals surface area contributed by atoms with Gasteiger partial charge in [-0.15, -0.1) is 0 Å². The number of nitro groups is 1. The summed E-state index contributed by atoms with van der Waals surface area (Å²) in [5.41, 5.74) is 8.50. The first kappa shape index (κ1) is 23.3. The summed E-state index contributed by atoms with van der Waals surface area (Å²) in [6.07, 6.45) is 3.63. The van der Waals surface area contributed by atoms with E-state index < -0.39 is 4.92 Å². The molecule has 0 saturated heterocycles. The number of benzene rings is 1. The molecule has 0 aliphatic rings. The highest BCUT2D eigenvalue weighted by atomic mass is 35.5. The number of hydrogen-bond acceptors (Lipinski definition) is 8. The summed E-state index contributed by atoms with van der Waals surface area (Å²) in [5.74, 6) is 0.941. The maximum absolute atomic E-state index is 10.9. The molecule has 0 aliphatic carbocycles. The normalized spacial score (nSPS) is 10.8. The lowest BCUT2D eigenvalue weighted by atomic mass is 10.1. The highest BCUT2D eigenvalue weighted by molar-refractivity contribution is 6.36. The molecule has 174 valence electrons. The van der Waals surface area contributed by atoms with Crippen molar-refractivity contribution < 1.29 is 4.92 Å². The molecule has 10 nitrogen and oxygen atoms in total. The van der Waals surface area contributed by atoms with Gasteiger partial charge in [-0.3, -0.25) is 10.1 Å². The molecule has 0 unspecified atom stereocenters. The van der Waals surface area contributed by atoms with Crippen molar-refractivity contribution in [3.05, 3.63) is 80.8 Å². The summed E-state index contributed by atoms with van der Waals surface area (Å²) in [6.45, 7) is 2.89. The van der Waals surface area contributed by atoms with Crippen LogP contribution in [0.4, 0.5) is 23.1 Å². The average molecular weight is 499 g/mol. The van der Waals surface area contributed by atoms with Crippen LogP contribution in [0, 0.1) is 17.0 Å². The minimum absolute atomic E-state index is 0.139. The lowest BCUT2D eigenvalue weighted by Gasteiger charge is -2.14. The molecule has 4 N–H and O–H groups in total. The molecule has 12 heteroatoms. The minimum atomic E-state index is -0.571. The molecule has 0 amide bonds. The molecule has 0 fully saturated rings. The Balaban J connectivity index is 1.51. The summed E-state index contributed by atoms with van der Waals surface area (Å²) in [6, 6.07) is 11.9. The Morgan fingerprint density at radius 2 is 1.76 bits per heavy atom. The molecule has 0 atom stereocenters. The first-order valence-corrected chi connectivity index (χ1v) is 10.9. The SMILES string of the molecule is Cc1cn(-c2ccc(NCCNc3ccc([N+](=O)[O-])c(N)n3)nc2-c2ccc(Cl)cc2Cl)cn1. The number of hydrogen-bond donors (Lipinski definition) is 3. The van der Waals surface area contributed by atoms with E-state index in [1.54, 1.807) is 18.5 Å². The number of imidazole rings is 1. The van der Waals surface area contributed by atoms with Crippen molar-refractivity contribution >= 4 is 46.3 Å². The van der Waals surface area contributed by atoms with Crippen LogP contribution in [0.1, 0.15) is 5.69 Å². The Labute approximate surface area is 204 Å². The Bertz CT molecular complexity index is 1360. The zero-order valence-corrected chi connectivity index (χ0v) is 19.5. The number of pyridine rings is 2. The van der Waals surface area contributed by atoms with Crippen LogP contribution >= 0.6 is 23.2 Å².